The summed E-state index contributed by atoms with van der Waals surface area (Å²) < 4.78 is 0. The summed E-state index contributed by atoms with van der Waals surface area (Å²) in [6.45, 7) is 4.37. The summed E-state index contributed by atoms with van der Waals surface area (Å²) in [5.74, 6) is 7.04. The predicted octanol–water partition coefficient (Wildman–Crippen LogP) is 2.18. The third-order valence-electron chi connectivity index (χ3n) is 2.55. The Kier molecular flexibility index (Phi) is 4.87. The third-order valence-corrected chi connectivity index (χ3v) is 2.55. The van der Waals surface area contributed by atoms with Gasteiger partial charge in [0, 0.05) is 6.42 Å². The second-order valence-corrected chi connectivity index (χ2v) is 3.51. The molecule has 0 unspecified atom stereocenters. The lowest BCUT2D eigenvalue weighted by Crippen LogP contribution is -2.27. The van der Waals surface area contributed by atoms with E-state index in [9.17, 15) is 0 Å². The summed E-state index contributed by atoms with van der Waals surface area (Å²) in [5, 5.41) is 3.39. The van der Waals surface area contributed by atoms with Crippen molar-refractivity contribution in [3.8, 4) is 11.8 Å². The van der Waals surface area contributed by atoms with Crippen LogP contribution in [0.4, 0.5) is 0 Å². The van der Waals surface area contributed by atoms with E-state index >= 15 is 0 Å². The topological polar surface area (TPSA) is 12.0 Å². The lowest BCUT2D eigenvalue weighted by Gasteiger charge is -2.21. The van der Waals surface area contributed by atoms with Gasteiger partial charge in [-0.1, -0.05) is 0 Å². The lowest BCUT2D eigenvalue weighted by molar-refractivity contribution is 0.348. The van der Waals surface area contributed by atoms with Gasteiger partial charge >= 0.3 is 0 Å². The van der Waals surface area contributed by atoms with Crippen LogP contribution in [0.1, 0.15) is 39.0 Å². The molecule has 12 heavy (non-hydrogen) atoms. The van der Waals surface area contributed by atoms with E-state index in [1.807, 2.05) is 6.92 Å². The zero-order valence-electron chi connectivity index (χ0n) is 8.03. The zero-order chi connectivity index (χ0) is 8.65. The van der Waals surface area contributed by atoms with Crippen LogP contribution in [-0.4, -0.2) is 13.1 Å². The molecule has 0 radical (unpaired) electrons. The number of rotatable bonds is 3. The van der Waals surface area contributed by atoms with Crippen molar-refractivity contribution in [2.75, 3.05) is 13.1 Å². The van der Waals surface area contributed by atoms with Gasteiger partial charge < -0.3 is 5.32 Å². The fourth-order valence-corrected chi connectivity index (χ4v) is 1.77. The lowest BCUT2D eigenvalue weighted by atomic mass is 9.93. The summed E-state index contributed by atoms with van der Waals surface area (Å²) in [6.07, 6.45) is 6.53. The maximum atomic E-state index is 3.39. The first-order valence-corrected chi connectivity index (χ1v) is 5.04. The van der Waals surface area contributed by atoms with Crippen LogP contribution in [0.15, 0.2) is 0 Å². The van der Waals surface area contributed by atoms with Gasteiger partial charge in [-0.2, -0.15) is 0 Å². The Bertz CT molecular complexity index is 158. The van der Waals surface area contributed by atoms with E-state index in [2.05, 4.69) is 17.2 Å². The number of nitrogens with one attached hydrogen (secondary N) is 1. The SMILES string of the molecule is CC#CCCCC1CCNCC1. The van der Waals surface area contributed by atoms with Crippen molar-refractivity contribution in [3.63, 3.8) is 0 Å². The average Bonchev–Trinajstić information content (AvgIpc) is 2.14. The van der Waals surface area contributed by atoms with Gasteiger partial charge in [0.2, 0.25) is 0 Å². The minimum absolute atomic E-state index is 0.977. The molecule has 1 saturated heterocycles. The first kappa shape index (κ1) is 9.61. The highest BCUT2D eigenvalue weighted by molar-refractivity contribution is 4.94. The van der Waals surface area contributed by atoms with Crippen molar-refractivity contribution in [1.29, 1.82) is 0 Å². The first-order valence-electron chi connectivity index (χ1n) is 5.04. The van der Waals surface area contributed by atoms with Crippen molar-refractivity contribution >= 4 is 0 Å². The first-order chi connectivity index (χ1) is 5.93. The number of unbranched alkanes of at least 4 members (excludes halogenated alkanes) is 1. The van der Waals surface area contributed by atoms with Gasteiger partial charge in [-0.05, 0) is 51.6 Å². The van der Waals surface area contributed by atoms with Crippen LogP contribution in [0.25, 0.3) is 0 Å². The molecule has 1 heteroatoms. The van der Waals surface area contributed by atoms with E-state index in [0.29, 0.717) is 0 Å². The normalized spacial score (nSPS) is 18.4. The van der Waals surface area contributed by atoms with E-state index in [1.54, 1.807) is 0 Å². The van der Waals surface area contributed by atoms with Crippen LogP contribution < -0.4 is 5.32 Å². The van der Waals surface area contributed by atoms with Crippen LogP contribution in [0.2, 0.25) is 0 Å². The second kappa shape index (κ2) is 6.08. The Balaban J connectivity index is 2.00. The van der Waals surface area contributed by atoms with Crippen molar-refractivity contribution in [2.24, 2.45) is 5.92 Å². The fourth-order valence-electron chi connectivity index (χ4n) is 1.77. The summed E-state index contributed by atoms with van der Waals surface area (Å²) in [4.78, 5) is 0. The molecule has 0 amide bonds. The zero-order valence-corrected chi connectivity index (χ0v) is 8.03. The molecule has 0 aromatic carbocycles. The Morgan fingerprint density at radius 1 is 1.33 bits per heavy atom. The Morgan fingerprint density at radius 3 is 2.75 bits per heavy atom. The number of piperidine rings is 1. The van der Waals surface area contributed by atoms with Crippen LogP contribution in [0.5, 0.6) is 0 Å². The fraction of sp³-hybridized carbons (Fsp3) is 0.818. The highest BCUT2D eigenvalue weighted by Gasteiger charge is 2.11. The molecule has 0 bridgehead atoms. The van der Waals surface area contributed by atoms with E-state index in [-0.39, 0.29) is 0 Å². The molecule has 1 N–H and O–H groups in total. The molecule has 0 saturated carbocycles. The minimum atomic E-state index is 0.977. The van der Waals surface area contributed by atoms with Crippen LogP contribution in [0.3, 0.4) is 0 Å². The molecule has 0 aromatic rings. The molecular formula is C11H19N. The molecule has 1 rings (SSSR count). The molecule has 1 nitrogen and oxygen atoms in total. The van der Waals surface area contributed by atoms with Gasteiger partial charge in [0.05, 0.1) is 0 Å². The molecule has 68 valence electrons. The summed E-state index contributed by atoms with van der Waals surface area (Å²) in [5.41, 5.74) is 0. The summed E-state index contributed by atoms with van der Waals surface area (Å²) >= 11 is 0. The molecule has 0 aromatic heterocycles. The standard InChI is InChI=1S/C11H19N/c1-2-3-4-5-6-11-7-9-12-10-8-11/h11-12H,4-10H2,1H3. The minimum Gasteiger partial charge on any atom is -0.317 e. The van der Waals surface area contributed by atoms with Gasteiger partial charge in [0.1, 0.15) is 0 Å². The molecule has 1 fully saturated rings. The molecule has 1 aliphatic rings. The van der Waals surface area contributed by atoms with Gasteiger partial charge in [-0.25, -0.2) is 0 Å². The van der Waals surface area contributed by atoms with Gasteiger partial charge in [-0.15, -0.1) is 11.8 Å². The molecule has 0 aliphatic carbocycles. The maximum absolute atomic E-state index is 3.39. The van der Waals surface area contributed by atoms with Crippen LogP contribution >= 0.6 is 0 Å². The number of hydrogen-bond acceptors (Lipinski definition) is 1. The quantitative estimate of drug-likeness (QED) is 0.499. The van der Waals surface area contributed by atoms with Gasteiger partial charge in [0.25, 0.3) is 0 Å². The van der Waals surface area contributed by atoms with E-state index in [1.165, 1.54) is 38.8 Å². The van der Waals surface area contributed by atoms with Crippen molar-refractivity contribution < 1.29 is 0 Å². The monoisotopic (exact) mass is 165 g/mol. The van der Waals surface area contributed by atoms with E-state index < -0.39 is 0 Å². The van der Waals surface area contributed by atoms with E-state index in [4.69, 9.17) is 0 Å². The molecule has 1 aliphatic heterocycles. The molecule has 1 heterocycles. The van der Waals surface area contributed by atoms with Crippen LogP contribution in [-0.2, 0) is 0 Å². The van der Waals surface area contributed by atoms with Gasteiger partial charge in [-0.3, -0.25) is 0 Å². The smallest absolute Gasteiger partial charge is 0.00886 e. The Labute approximate surface area is 75.9 Å². The van der Waals surface area contributed by atoms with Crippen molar-refractivity contribution in [1.82, 2.24) is 5.32 Å². The highest BCUT2D eigenvalue weighted by atomic mass is 14.9. The Hall–Kier alpha value is -0.480. The second-order valence-electron chi connectivity index (χ2n) is 3.51. The maximum Gasteiger partial charge on any atom is 0.00886 e. The highest BCUT2D eigenvalue weighted by Crippen LogP contribution is 2.18. The average molecular weight is 165 g/mol. The van der Waals surface area contributed by atoms with Crippen LogP contribution in [0, 0.1) is 17.8 Å². The molecule has 0 spiro atoms. The molecule has 0 atom stereocenters. The Morgan fingerprint density at radius 2 is 2.08 bits per heavy atom. The van der Waals surface area contributed by atoms with Gasteiger partial charge in [0.15, 0.2) is 0 Å². The number of hydrogen-bond donors (Lipinski definition) is 1. The van der Waals surface area contributed by atoms with E-state index in [0.717, 1.165) is 12.3 Å². The third kappa shape index (κ3) is 3.78. The van der Waals surface area contributed by atoms with Crippen molar-refractivity contribution in [3.05, 3.63) is 0 Å². The summed E-state index contributed by atoms with van der Waals surface area (Å²) in [6, 6.07) is 0. The summed E-state index contributed by atoms with van der Waals surface area (Å²) in [7, 11) is 0. The largest absolute Gasteiger partial charge is 0.317 e. The predicted molar refractivity (Wildman–Crippen MR) is 52.9 cm³/mol. The molecular weight excluding hydrogens is 146 g/mol. The van der Waals surface area contributed by atoms with Crippen molar-refractivity contribution in [2.45, 2.75) is 39.0 Å².